The number of rotatable bonds is 13. The Bertz CT molecular complexity index is 2640. The van der Waals surface area contributed by atoms with Crippen molar-refractivity contribution in [2.45, 2.75) is 83.3 Å². The second-order valence-corrected chi connectivity index (χ2v) is 16.6. The number of aromatic nitrogens is 4. The molecule has 7 heterocycles. The number of benzene rings is 2. The molecule has 2 saturated heterocycles. The molecule has 324 valence electrons. The van der Waals surface area contributed by atoms with Crippen molar-refractivity contribution in [2.24, 2.45) is 0 Å². The monoisotopic (exact) mass is 851 g/mol. The van der Waals surface area contributed by atoms with E-state index in [1.807, 2.05) is 29.3 Å². The van der Waals surface area contributed by atoms with E-state index in [0.29, 0.717) is 50.8 Å². The maximum atomic E-state index is 13.3. The molecule has 1 atom stereocenters. The number of fused-ring (bicyclic) bond motifs is 3. The first-order valence-electron chi connectivity index (χ1n) is 21.8. The average molecular weight is 852 g/mol. The number of ether oxygens (including phenoxy) is 1. The summed E-state index contributed by atoms with van der Waals surface area (Å²) < 4.78 is 7.85. The summed E-state index contributed by atoms with van der Waals surface area (Å²) in [6.07, 6.45) is 9.61. The summed E-state index contributed by atoms with van der Waals surface area (Å²) in [6, 6.07) is 16.0. The SMILES string of the molecule is CC(=O)N1CCc2c(c(-c3cccc4cc(-c5ccc(C(=O)NCCCCCCNc6cccc7c6C(=O)N(C6CCC(=O)NC6=O)C7=O)nc5)ncc34)nn2C2CCOCC2)C1. The van der Waals surface area contributed by atoms with Gasteiger partial charge in [-0.2, -0.15) is 5.10 Å². The summed E-state index contributed by atoms with van der Waals surface area (Å²) in [7, 11) is 0. The lowest BCUT2D eigenvalue weighted by atomic mass is 9.96. The third kappa shape index (κ3) is 8.30. The van der Waals surface area contributed by atoms with Crippen LogP contribution in [0.25, 0.3) is 33.3 Å². The first kappa shape index (κ1) is 41.5. The molecular formula is C47H49N9O7. The van der Waals surface area contributed by atoms with Gasteiger partial charge >= 0.3 is 0 Å². The van der Waals surface area contributed by atoms with Crippen LogP contribution in [0.15, 0.2) is 67.0 Å². The maximum absolute atomic E-state index is 13.3. The summed E-state index contributed by atoms with van der Waals surface area (Å²) in [4.78, 5) is 88.0. The number of amides is 6. The van der Waals surface area contributed by atoms with Crippen molar-refractivity contribution >= 4 is 51.9 Å². The second kappa shape index (κ2) is 17.9. The van der Waals surface area contributed by atoms with Gasteiger partial charge in [-0.1, -0.05) is 37.1 Å². The Balaban J connectivity index is 0.769. The van der Waals surface area contributed by atoms with E-state index in [9.17, 15) is 28.8 Å². The predicted molar refractivity (Wildman–Crippen MR) is 232 cm³/mol. The minimum atomic E-state index is -1.01. The first-order valence-corrected chi connectivity index (χ1v) is 21.8. The van der Waals surface area contributed by atoms with E-state index < -0.39 is 29.7 Å². The largest absolute Gasteiger partial charge is 0.384 e. The fourth-order valence-corrected chi connectivity index (χ4v) is 9.16. The van der Waals surface area contributed by atoms with E-state index in [2.05, 4.69) is 37.7 Å². The highest BCUT2D eigenvalue weighted by Gasteiger charge is 2.45. The lowest BCUT2D eigenvalue weighted by Gasteiger charge is -2.29. The van der Waals surface area contributed by atoms with Crippen LogP contribution >= 0.6 is 0 Å². The Morgan fingerprint density at radius 2 is 1.65 bits per heavy atom. The molecule has 16 heteroatoms. The normalized spacial score (nSPS) is 17.8. The molecule has 1 unspecified atom stereocenters. The molecule has 4 aliphatic rings. The number of pyridine rings is 2. The van der Waals surface area contributed by atoms with Crippen LogP contribution in [0.5, 0.6) is 0 Å². The summed E-state index contributed by atoms with van der Waals surface area (Å²) in [5.41, 5.74) is 7.02. The van der Waals surface area contributed by atoms with Gasteiger partial charge in [-0.05, 0) is 67.8 Å². The van der Waals surface area contributed by atoms with Gasteiger partial charge in [-0.3, -0.25) is 53.6 Å². The molecule has 9 rings (SSSR count). The van der Waals surface area contributed by atoms with Gasteiger partial charge in [0.25, 0.3) is 17.7 Å². The minimum absolute atomic E-state index is 0.0589. The van der Waals surface area contributed by atoms with Crippen LogP contribution in [0.4, 0.5) is 5.69 Å². The second-order valence-electron chi connectivity index (χ2n) is 16.6. The molecular weight excluding hydrogens is 803 g/mol. The summed E-state index contributed by atoms with van der Waals surface area (Å²) in [5.74, 6) is -2.32. The van der Waals surface area contributed by atoms with Gasteiger partial charge in [0, 0.05) is 105 Å². The number of carbonyl (C=O) groups is 6. The zero-order chi connectivity index (χ0) is 43.6. The summed E-state index contributed by atoms with van der Waals surface area (Å²) >= 11 is 0. The molecule has 3 N–H and O–H groups in total. The van der Waals surface area contributed by atoms with Crippen LogP contribution in [0.2, 0.25) is 0 Å². The average Bonchev–Trinajstić information content (AvgIpc) is 3.81. The summed E-state index contributed by atoms with van der Waals surface area (Å²) in [5, 5.41) is 15.6. The highest BCUT2D eigenvalue weighted by molar-refractivity contribution is 6.25. The van der Waals surface area contributed by atoms with Crippen LogP contribution in [-0.4, -0.2) is 104 Å². The van der Waals surface area contributed by atoms with Crippen molar-refractivity contribution in [1.82, 2.24) is 40.2 Å². The third-order valence-corrected chi connectivity index (χ3v) is 12.6. The van der Waals surface area contributed by atoms with Gasteiger partial charge in [0.05, 0.1) is 28.6 Å². The van der Waals surface area contributed by atoms with Crippen LogP contribution in [0.3, 0.4) is 0 Å². The molecule has 16 nitrogen and oxygen atoms in total. The third-order valence-electron chi connectivity index (χ3n) is 12.6. The molecule has 0 spiro atoms. The van der Waals surface area contributed by atoms with E-state index in [4.69, 9.17) is 14.8 Å². The number of nitrogens with zero attached hydrogens (tertiary/aromatic N) is 6. The molecule has 3 aromatic heterocycles. The van der Waals surface area contributed by atoms with Gasteiger partial charge in [0.15, 0.2) is 0 Å². The number of imide groups is 2. The Morgan fingerprint density at radius 3 is 2.43 bits per heavy atom. The number of unbranched alkanes of at least 4 members (excludes halogenated alkanes) is 3. The number of carbonyl (C=O) groups excluding carboxylic acids is 6. The van der Waals surface area contributed by atoms with Crippen LogP contribution < -0.4 is 16.0 Å². The molecule has 2 aromatic carbocycles. The van der Waals surface area contributed by atoms with E-state index >= 15 is 0 Å². The van der Waals surface area contributed by atoms with Crippen LogP contribution in [0, 0.1) is 0 Å². The molecule has 4 aliphatic heterocycles. The number of hydrogen-bond acceptors (Lipinski definition) is 11. The van der Waals surface area contributed by atoms with Crippen molar-refractivity contribution < 1.29 is 33.5 Å². The van der Waals surface area contributed by atoms with Crippen LogP contribution in [-0.2, 0) is 32.1 Å². The Labute approximate surface area is 363 Å². The zero-order valence-electron chi connectivity index (χ0n) is 35.2. The zero-order valence-corrected chi connectivity index (χ0v) is 35.2. The first-order chi connectivity index (χ1) is 30.7. The standard InChI is InChI=1S/C47H49N9O7/c1-28(57)54-21-16-39-35(27-54)43(53-56(39)31-17-22-63-23-18-31)32-9-6-8-29-24-38(51-26-34(29)32)30-12-13-37(50-25-30)44(59)49-20-5-3-2-4-19-48-36-11-7-10-33-42(36)47(62)55(46(33)61)40-14-15-41(58)52-45(40)60/h6-13,24-26,31,40,48H,2-5,14-23,27H2,1H3,(H,49,59)(H,52,58,60). The Morgan fingerprint density at radius 1 is 0.857 bits per heavy atom. The van der Waals surface area contributed by atoms with Crippen LogP contribution in [0.1, 0.15) is 107 Å². The lowest BCUT2D eigenvalue weighted by molar-refractivity contribution is -0.136. The van der Waals surface area contributed by atoms with Gasteiger partial charge in [-0.25, -0.2) is 0 Å². The molecule has 0 saturated carbocycles. The van der Waals surface area contributed by atoms with Crippen molar-refractivity contribution in [3.05, 3.63) is 95.1 Å². The molecule has 0 bridgehead atoms. The van der Waals surface area contributed by atoms with Crippen molar-refractivity contribution in [2.75, 3.05) is 38.2 Å². The topological polar surface area (TPSA) is 198 Å². The van der Waals surface area contributed by atoms with Gasteiger partial charge in [-0.15, -0.1) is 0 Å². The number of anilines is 1. The number of piperidine rings is 1. The van der Waals surface area contributed by atoms with E-state index in [-0.39, 0.29) is 41.8 Å². The Kier molecular flexibility index (Phi) is 11.8. The van der Waals surface area contributed by atoms with Gasteiger partial charge < -0.3 is 20.3 Å². The molecule has 63 heavy (non-hydrogen) atoms. The molecule has 0 aliphatic carbocycles. The number of nitrogens with one attached hydrogen (secondary N) is 3. The molecule has 5 aromatic rings. The van der Waals surface area contributed by atoms with E-state index in [1.54, 1.807) is 37.4 Å². The molecule has 2 fully saturated rings. The van der Waals surface area contributed by atoms with Gasteiger partial charge in [0.2, 0.25) is 17.7 Å². The van der Waals surface area contributed by atoms with Crippen molar-refractivity contribution in [1.29, 1.82) is 0 Å². The van der Waals surface area contributed by atoms with E-state index in [1.165, 1.54) is 5.69 Å². The molecule has 6 amide bonds. The van der Waals surface area contributed by atoms with Gasteiger partial charge in [0.1, 0.15) is 11.7 Å². The number of hydrogen-bond donors (Lipinski definition) is 3. The van der Waals surface area contributed by atoms with Crippen molar-refractivity contribution in [3.63, 3.8) is 0 Å². The quantitative estimate of drug-likeness (QED) is 0.104. The minimum Gasteiger partial charge on any atom is -0.384 e. The van der Waals surface area contributed by atoms with Crippen molar-refractivity contribution in [3.8, 4) is 22.5 Å². The summed E-state index contributed by atoms with van der Waals surface area (Å²) in [6.45, 7) is 5.32. The highest BCUT2D eigenvalue weighted by atomic mass is 16.5. The predicted octanol–water partition coefficient (Wildman–Crippen LogP) is 5.22. The Hall–Kier alpha value is -6.81. The maximum Gasteiger partial charge on any atom is 0.269 e. The lowest BCUT2D eigenvalue weighted by Crippen LogP contribution is -2.54. The fourth-order valence-electron chi connectivity index (χ4n) is 9.16. The fraction of sp³-hybridized carbons (Fsp3) is 0.383. The smallest absolute Gasteiger partial charge is 0.269 e. The highest BCUT2D eigenvalue weighted by Crippen LogP contribution is 2.38. The van der Waals surface area contributed by atoms with E-state index in [0.717, 1.165) is 88.7 Å². The molecule has 0 radical (unpaired) electrons.